The van der Waals surface area contributed by atoms with Crippen LogP contribution in [-0.4, -0.2) is 48.0 Å². The molecule has 0 amide bonds. The maximum atomic E-state index is 12.9. The van der Waals surface area contributed by atoms with E-state index in [4.69, 9.17) is 14.2 Å². The monoisotopic (exact) mass is 466 g/mol. The summed E-state index contributed by atoms with van der Waals surface area (Å²) in [6, 6.07) is 11.9. The Morgan fingerprint density at radius 3 is 2.09 bits per heavy atom. The van der Waals surface area contributed by atoms with E-state index in [9.17, 15) is 24.5 Å². The third kappa shape index (κ3) is 4.80. The van der Waals surface area contributed by atoms with Crippen LogP contribution in [0.2, 0.25) is 0 Å². The van der Waals surface area contributed by atoms with E-state index in [-0.39, 0.29) is 22.6 Å². The van der Waals surface area contributed by atoms with Crippen molar-refractivity contribution in [2.45, 2.75) is 13.8 Å². The maximum absolute atomic E-state index is 12.9. The van der Waals surface area contributed by atoms with E-state index >= 15 is 0 Å². The van der Waals surface area contributed by atoms with Crippen molar-refractivity contribution in [2.24, 2.45) is 0 Å². The van der Waals surface area contributed by atoms with Gasteiger partial charge in [-0.1, -0.05) is 12.1 Å². The number of carbonyl (C=O) groups excluding carboxylic acids is 3. The number of nitrogens with zero attached hydrogens (tertiary/aromatic N) is 2. The highest BCUT2D eigenvalue weighted by Gasteiger charge is 2.21. The van der Waals surface area contributed by atoms with Gasteiger partial charge in [0.15, 0.2) is 12.4 Å². The number of aryl methyl sites for hydroxylation is 1. The predicted molar refractivity (Wildman–Crippen MR) is 121 cm³/mol. The van der Waals surface area contributed by atoms with Crippen LogP contribution in [0.1, 0.15) is 42.5 Å². The first-order valence-electron chi connectivity index (χ1n) is 10.1. The molecule has 0 radical (unpaired) electrons. The minimum absolute atomic E-state index is 0.0110. The molecule has 0 atom stereocenters. The van der Waals surface area contributed by atoms with Crippen molar-refractivity contribution in [3.05, 3.63) is 86.7 Å². The van der Waals surface area contributed by atoms with Crippen LogP contribution in [0.3, 0.4) is 0 Å². The van der Waals surface area contributed by atoms with Crippen molar-refractivity contribution in [3.63, 3.8) is 0 Å². The van der Waals surface area contributed by atoms with Gasteiger partial charge in [-0.25, -0.2) is 9.59 Å². The summed E-state index contributed by atoms with van der Waals surface area (Å²) < 4.78 is 16.7. The van der Waals surface area contributed by atoms with Crippen molar-refractivity contribution >= 4 is 23.4 Å². The summed E-state index contributed by atoms with van der Waals surface area (Å²) in [6.45, 7) is 3.05. The van der Waals surface area contributed by atoms with Gasteiger partial charge in [0.25, 0.3) is 0 Å². The Morgan fingerprint density at radius 2 is 1.53 bits per heavy atom. The van der Waals surface area contributed by atoms with Crippen molar-refractivity contribution in [3.8, 4) is 11.4 Å². The highest BCUT2D eigenvalue weighted by molar-refractivity contribution is 5.99. The first kappa shape index (κ1) is 24.2. The van der Waals surface area contributed by atoms with Crippen molar-refractivity contribution in [1.29, 1.82) is 0 Å². The standard InChI is InChI=1S/C24H22N2O8/c1-14-9-19(21(27)13-34-22-8-6-5-7-20(22)26(30)31)15(2)25(14)18-11-16(23(28)32-3)10-17(12-18)24(29)33-4/h5-12H,13H2,1-4H3. The third-order valence-electron chi connectivity index (χ3n) is 5.17. The number of hydrogen-bond donors (Lipinski definition) is 0. The summed E-state index contributed by atoms with van der Waals surface area (Å²) in [7, 11) is 2.46. The molecule has 0 saturated heterocycles. The smallest absolute Gasteiger partial charge is 0.337 e. The lowest BCUT2D eigenvalue weighted by atomic mass is 10.1. The first-order valence-corrected chi connectivity index (χ1v) is 10.1. The van der Waals surface area contributed by atoms with Gasteiger partial charge in [-0.2, -0.15) is 0 Å². The molecule has 10 nitrogen and oxygen atoms in total. The average Bonchev–Trinajstić information content (AvgIpc) is 3.14. The number of nitro groups is 1. The first-order chi connectivity index (χ1) is 16.2. The fraction of sp³-hybridized carbons (Fsp3) is 0.208. The third-order valence-corrected chi connectivity index (χ3v) is 5.17. The fourth-order valence-electron chi connectivity index (χ4n) is 3.61. The maximum Gasteiger partial charge on any atom is 0.337 e. The van der Waals surface area contributed by atoms with E-state index in [0.29, 0.717) is 22.6 Å². The van der Waals surface area contributed by atoms with Gasteiger partial charge in [0, 0.05) is 28.7 Å². The second-order valence-electron chi connectivity index (χ2n) is 7.31. The summed E-state index contributed by atoms with van der Waals surface area (Å²) >= 11 is 0. The number of methoxy groups -OCH3 is 2. The Kier molecular flexibility index (Phi) is 7.10. The lowest BCUT2D eigenvalue weighted by Gasteiger charge is -2.13. The molecular formula is C24H22N2O8. The number of ether oxygens (including phenoxy) is 3. The summed E-state index contributed by atoms with van der Waals surface area (Å²) in [6.07, 6.45) is 0. The van der Waals surface area contributed by atoms with Crippen LogP contribution in [-0.2, 0) is 9.47 Å². The number of carbonyl (C=O) groups is 3. The molecule has 34 heavy (non-hydrogen) atoms. The Balaban J connectivity index is 1.97. The number of benzene rings is 2. The quantitative estimate of drug-likeness (QED) is 0.212. The Labute approximate surface area is 194 Å². The molecule has 3 aromatic rings. The van der Waals surface area contributed by atoms with Crippen LogP contribution >= 0.6 is 0 Å². The molecule has 1 aromatic heterocycles. The lowest BCUT2D eigenvalue weighted by Crippen LogP contribution is -2.14. The van der Waals surface area contributed by atoms with E-state index in [1.165, 1.54) is 50.6 Å². The summed E-state index contributed by atoms with van der Waals surface area (Å²) in [5.74, 6) is -1.68. The molecule has 10 heteroatoms. The molecule has 0 unspecified atom stereocenters. The number of nitro benzene ring substituents is 1. The largest absolute Gasteiger partial charge is 0.478 e. The molecule has 0 saturated carbocycles. The summed E-state index contributed by atoms with van der Waals surface area (Å²) in [5, 5.41) is 11.2. The lowest BCUT2D eigenvalue weighted by molar-refractivity contribution is -0.385. The molecule has 0 fully saturated rings. The fourth-order valence-corrected chi connectivity index (χ4v) is 3.61. The van der Waals surface area contributed by atoms with Gasteiger partial charge in [0.1, 0.15) is 0 Å². The zero-order chi connectivity index (χ0) is 25.0. The van der Waals surface area contributed by atoms with E-state index in [0.717, 1.165) is 0 Å². The minimum atomic E-state index is -0.636. The molecule has 0 aliphatic heterocycles. The molecule has 1 heterocycles. The minimum Gasteiger partial charge on any atom is -0.478 e. The summed E-state index contributed by atoms with van der Waals surface area (Å²) in [4.78, 5) is 47.8. The predicted octanol–water partition coefficient (Wildman–Crippen LogP) is 3.84. The van der Waals surface area contributed by atoms with E-state index < -0.39 is 29.3 Å². The Morgan fingerprint density at radius 1 is 0.941 bits per heavy atom. The van der Waals surface area contributed by atoms with Crippen molar-refractivity contribution < 1.29 is 33.5 Å². The zero-order valence-electron chi connectivity index (χ0n) is 19.0. The second-order valence-corrected chi connectivity index (χ2v) is 7.31. The number of aromatic nitrogens is 1. The van der Waals surface area contributed by atoms with E-state index in [1.54, 1.807) is 30.5 Å². The van der Waals surface area contributed by atoms with Crippen LogP contribution < -0.4 is 4.74 Å². The van der Waals surface area contributed by atoms with Gasteiger partial charge in [-0.15, -0.1) is 0 Å². The molecule has 2 aromatic carbocycles. The van der Waals surface area contributed by atoms with Gasteiger partial charge in [-0.05, 0) is 44.2 Å². The number of esters is 2. The number of Topliss-reactive ketones (excluding diaryl/α,β-unsaturated/α-hetero) is 1. The summed E-state index contributed by atoms with van der Waals surface area (Å²) in [5.41, 5.74) is 2.02. The van der Waals surface area contributed by atoms with Gasteiger partial charge in [0.2, 0.25) is 5.78 Å². The molecule has 0 aliphatic carbocycles. The molecule has 0 N–H and O–H groups in total. The van der Waals surface area contributed by atoms with Crippen molar-refractivity contribution in [2.75, 3.05) is 20.8 Å². The van der Waals surface area contributed by atoms with Gasteiger partial charge >= 0.3 is 17.6 Å². The SMILES string of the molecule is COC(=O)c1cc(C(=O)OC)cc(-n2c(C)cc(C(=O)COc3ccccc3[N+](=O)[O-])c2C)c1. The second kappa shape index (κ2) is 9.99. The molecular weight excluding hydrogens is 444 g/mol. The van der Waals surface area contributed by atoms with Crippen LogP contribution in [0.15, 0.2) is 48.5 Å². The van der Waals surface area contributed by atoms with Crippen LogP contribution in [0.4, 0.5) is 5.69 Å². The molecule has 0 spiro atoms. The number of rotatable bonds is 8. The number of hydrogen-bond acceptors (Lipinski definition) is 8. The van der Waals surface area contributed by atoms with Gasteiger partial charge < -0.3 is 18.8 Å². The van der Waals surface area contributed by atoms with Gasteiger partial charge in [-0.3, -0.25) is 14.9 Å². The highest BCUT2D eigenvalue weighted by atomic mass is 16.6. The molecule has 3 rings (SSSR count). The van der Waals surface area contributed by atoms with E-state index in [2.05, 4.69) is 0 Å². The van der Waals surface area contributed by atoms with Crippen LogP contribution in [0, 0.1) is 24.0 Å². The normalized spacial score (nSPS) is 10.5. The topological polar surface area (TPSA) is 127 Å². The zero-order valence-corrected chi connectivity index (χ0v) is 19.0. The Hall–Kier alpha value is -4.47. The van der Waals surface area contributed by atoms with Crippen molar-refractivity contribution in [1.82, 2.24) is 4.57 Å². The molecule has 0 bridgehead atoms. The molecule has 176 valence electrons. The number of ketones is 1. The molecule has 0 aliphatic rings. The van der Waals surface area contributed by atoms with Crippen LogP contribution in [0.5, 0.6) is 5.75 Å². The van der Waals surface area contributed by atoms with E-state index in [1.807, 2.05) is 0 Å². The number of para-hydroxylation sites is 2. The highest BCUT2D eigenvalue weighted by Crippen LogP contribution is 2.27. The van der Waals surface area contributed by atoms with Gasteiger partial charge in [0.05, 0.1) is 30.3 Å². The Bertz CT molecular complexity index is 1260. The average molecular weight is 466 g/mol. The van der Waals surface area contributed by atoms with Crippen LogP contribution in [0.25, 0.3) is 5.69 Å².